The summed E-state index contributed by atoms with van der Waals surface area (Å²) >= 11 is 0. The Kier molecular flexibility index (Phi) is 4.11. The van der Waals surface area contributed by atoms with Crippen LogP contribution in [-0.2, 0) is 4.74 Å². The topological polar surface area (TPSA) is 24.5 Å². The zero-order chi connectivity index (χ0) is 12.5. The van der Waals surface area contributed by atoms with Gasteiger partial charge in [0.2, 0.25) is 0 Å². The van der Waals surface area contributed by atoms with E-state index in [-0.39, 0.29) is 11.8 Å². The molecule has 0 amide bonds. The zero-order valence-corrected chi connectivity index (χ0v) is 11.8. The van der Waals surface area contributed by atoms with Gasteiger partial charge in [0.15, 0.2) is 0 Å². The van der Waals surface area contributed by atoms with Gasteiger partial charge >= 0.3 is 0 Å². The van der Waals surface area contributed by atoms with Crippen molar-refractivity contribution < 1.29 is 4.74 Å². The monoisotopic (exact) mass is 240 g/mol. The lowest BCUT2D eigenvalue weighted by Gasteiger charge is -2.28. The van der Waals surface area contributed by atoms with Crippen LogP contribution in [0, 0.1) is 5.92 Å². The van der Waals surface area contributed by atoms with Crippen molar-refractivity contribution in [2.75, 3.05) is 7.05 Å². The van der Waals surface area contributed by atoms with Gasteiger partial charge in [0, 0.05) is 19.5 Å². The van der Waals surface area contributed by atoms with Crippen LogP contribution < -0.4 is 5.43 Å². The van der Waals surface area contributed by atoms with Crippen LogP contribution in [0.2, 0.25) is 0 Å². The van der Waals surface area contributed by atoms with Crippen molar-refractivity contribution in [2.45, 2.75) is 77.2 Å². The molecule has 2 atom stereocenters. The highest BCUT2D eigenvalue weighted by atomic mass is 16.5. The second kappa shape index (κ2) is 5.25. The fraction of sp³-hybridized carbons (Fsp3) is 1.00. The summed E-state index contributed by atoms with van der Waals surface area (Å²) in [6, 6.07) is 0.632. The Morgan fingerprint density at radius 1 is 1.12 bits per heavy atom. The largest absolute Gasteiger partial charge is 0.356 e. The molecule has 17 heavy (non-hydrogen) atoms. The Morgan fingerprint density at radius 3 is 2.35 bits per heavy atom. The number of ether oxygens (including phenoxy) is 1. The first-order chi connectivity index (χ1) is 7.96. The number of nitrogens with zero attached hydrogens (tertiary/aromatic N) is 1. The van der Waals surface area contributed by atoms with Crippen LogP contribution in [-0.4, -0.2) is 29.9 Å². The van der Waals surface area contributed by atoms with Gasteiger partial charge in [0.1, 0.15) is 6.23 Å². The minimum atomic E-state index is -0.0535. The molecular weight excluding hydrogens is 212 g/mol. The van der Waals surface area contributed by atoms with Gasteiger partial charge in [-0.25, -0.2) is 10.4 Å². The predicted molar refractivity (Wildman–Crippen MR) is 70.5 cm³/mol. The molecule has 2 unspecified atom stereocenters. The van der Waals surface area contributed by atoms with Gasteiger partial charge in [-0.2, -0.15) is 0 Å². The molecule has 3 heteroatoms. The first-order valence-corrected chi connectivity index (χ1v) is 7.12. The maximum atomic E-state index is 6.10. The summed E-state index contributed by atoms with van der Waals surface area (Å²) < 4.78 is 6.10. The highest BCUT2D eigenvalue weighted by Crippen LogP contribution is 2.32. The molecule has 0 aromatic carbocycles. The van der Waals surface area contributed by atoms with Crippen molar-refractivity contribution in [3.05, 3.63) is 0 Å². The van der Waals surface area contributed by atoms with Crippen LogP contribution >= 0.6 is 0 Å². The highest BCUT2D eigenvalue weighted by molar-refractivity contribution is 4.86. The molecule has 0 bridgehead atoms. The molecule has 1 N–H and O–H groups in total. The third-order valence-electron chi connectivity index (χ3n) is 3.97. The lowest BCUT2D eigenvalue weighted by molar-refractivity contribution is -0.118. The van der Waals surface area contributed by atoms with Crippen molar-refractivity contribution in [1.82, 2.24) is 10.4 Å². The summed E-state index contributed by atoms with van der Waals surface area (Å²) in [5.74, 6) is 0.861. The van der Waals surface area contributed by atoms with Crippen LogP contribution in [0.3, 0.4) is 0 Å². The smallest absolute Gasteiger partial charge is 0.124 e. The molecular formula is C14H28N2O. The van der Waals surface area contributed by atoms with Gasteiger partial charge in [0.05, 0.1) is 5.60 Å². The third kappa shape index (κ3) is 3.67. The van der Waals surface area contributed by atoms with E-state index in [9.17, 15) is 0 Å². The Morgan fingerprint density at radius 2 is 1.76 bits per heavy atom. The molecule has 1 saturated carbocycles. The summed E-state index contributed by atoms with van der Waals surface area (Å²) in [6.07, 6.45) is 8.43. The van der Waals surface area contributed by atoms with Crippen molar-refractivity contribution in [3.8, 4) is 0 Å². The van der Waals surface area contributed by atoms with Gasteiger partial charge in [-0.15, -0.1) is 0 Å². The molecule has 0 aromatic heterocycles. The maximum Gasteiger partial charge on any atom is 0.124 e. The molecule has 1 heterocycles. The molecule has 1 saturated heterocycles. The molecule has 100 valence electrons. The first kappa shape index (κ1) is 13.3. The van der Waals surface area contributed by atoms with Crippen LogP contribution in [0.15, 0.2) is 0 Å². The number of hydrazine groups is 1. The molecule has 1 aliphatic heterocycles. The molecule has 2 fully saturated rings. The molecule has 3 nitrogen and oxygen atoms in total. The quantitative estimate of drug-likeness (QED) is 0.803. The van der Waals surface area contributed by atoms with Crippen LogP contribution in [0.4, 0.5) is 0 Å². The lowest BCUT2D eigenvalue weighted by atomic mass is 9.83. The van der Waals surface area contributed by atoms with Crippen LogP contribution in [0.5, 0.6) is 0 Å². The number of hydrogen-bond donors (Lipinski definition) is 1. The minimum absolute atomic E-state index is 0.0535. The highest BCUT2D eigenvalue weighted by Gasteiger charge is 2.36. The molecule has 2 aliphatic rings. The van der Waals surface area contributed by atoms with E-state index in [1.165, 1.54) is 32.1 Å². The summed E-state index contributed by atoms with van der Waals surface area (Å²) in [6.45, 7) is 6.40. The van der Waals surface area contributed by atoms with Gasteiger partial charge in [0.25, 0.3) is 0 Å². The maximum absolute atomic E-state index is 6.10. The van der Waals surface area contributed by atoms with E-state index in [0.717, 1.165) is 12.3 Å². The Hall–Kier alpha value is -0.120. The van der Waals surface area contributed by atoms with E-state index in [0.29, 0.717) is 6.04 Å². The van der Waals surface area contributed by atoms with Crippen molar-refractivity contribution in [2.24, 2.45) is 5.92 Å². The normalized spacial score (nSPS) is 33.2. The fourth-order valence-electron chi connectivity index (χ4n) is 3.14. The van der Waals surface area contributed by atoms with Crippen molar-refractivity contribution in [1.29, 1.82) is 0 Å². The summed E-state index contributed by atoms with van der Waals surface area (Å²) in [7, 11) is 2.11. The molecule has 0 radical (unpaired) electrons. The standard InChI is InChI=1S/C14H28N2O/c1-14(2,3)17-13-10-12(15-16(13)4)11-8-6-5-7-9-11/h11-13,15H,5-10H2,1-4H3. The summed E-state index contributed by atoms with van der Waals surface area (Å²) in [5.41, 5.74) is 3.55. The average Bonchev–Trinajstić information content (AvgIpc) is 2.59. The number of hydrogen-bond acceptors (Lipinski definition) is 3. The second-order valence-corrected chi connectivity index (χ2v) is 6.67. The van der Waals surface area contributed by atoms with E-state index in [1.807, 2.05) is 0 Å². The zero-order valence-electron chi connectivity index (χ0n) is 11.8. The Bertz CT molecular complexity index is 243. The van der Waals surface area contributed by atoms with E-state index >= 15 is 0 Å². The van der Waals surface area contributed by atoms with Crippen molar-refractivity contribution >= 4 is 0 Å². The Labute approximate surface area is 106 Å². The average molecular weight is 240 g/mol. The van der Waals surface area contributed by atoms with Gasteiger partial charge in [-0.05, 0) is 39.5 Å². The lowest BCUT2D eigenvalue weighted by Crippen LogP contribution is -2.41. The minimum Gasteiger partial charge on any atom is -0.356 e. The van der Waals surface area contributed by atoms with Gasteiger partial charge in [-0.1, -0.05) is 19.3 Å². The van der Waals surface area contributed by atoms with E-state index < -0.39 is 0 Å². The Balaban J connectivity index is 1.87. The third-order valence-corrected chi connectivity index (χ3v) is 3.97. The van der Waals surface area contributed by atoms with E-state index in [1.54, 1.807) is 0 Å². The SMILES string of the molecule is CN1NC(C2CCCCC2)CC1OC(C)(C)C. The van der Waals surface area contributed by atoms with Crippen LogP contribution in [0.1, 0.15) is 59.3 Å². The van der Waals surface area contributed by atoms with E-state index in [4.69, 9.17) is 4.74 Å². The molecule has 2 rings (SSSR count). The van der Waals surface area contributed by atoms with E-state index in [2.05, 4.69) is 38.3 Å². The molecule has 0 aromatic rings. The van der Waals surface area contributed by atoms with Gasteiger partial charge in [-0.3, -0.25) is 0 Å². The molecule has 0 spiro atoms. The summed E-state index contributed by atoms with van der Waals surface area (Å²) in [5, 5.41) is 2.17. The van der Waals surface area contributed by atoms with Gasteiger partial charge < -0.3 is 4.74 Å². The molecule has 1 aliphatic carbocycles. The number of rotatable bonds is 2. The van der Waals surface area contributed by atoms with Crippen LogP contribution in [0.25, 0.3) is 0 Å². The predicted octanol–water partition coefficient (Wildman–Crippen LogP) is 2.92. The van der Waals surface area contributed by atoms with Crippen molar-refractivity contribution in [3.63, 3.8) is 0 Å². The fourth-order valence-corrected chi connectivity index (χ4v) is 3.14. The second-order valence-electron chi connectivity index (χ2n) is 6.67. The number of nitrogens with one attached hydrogen (secondary N) is 1. The summed E-state index contributed by atoms with van der Waals surface area (Å²) in [4.78, 5) is 0. The first-order valence-electron chi connectivity index (χ1n) is 7.12.